The molecule has 1 aromatic carbocycles. The molecule has 1 fully saturated rings. The van der Waals surface area contributed by atoms with Crippen LogP contribution in [0.2, 0.25) is 0 Å². The highest BCUT2D eigenvalue weighted by molar-refractivity contribution is 6.00. The first-order chi connectivity index (χ1) is 9.79. The molecule has 0 saturated carbocycles. The van der Waals surface area contributed by atoms with Gasteiger partial charge in [-0.2, -0.15) is 4.68 Å². The van der Waals surface area contributed by atoms with E-state index >= 15 is 0 Å². The summed E-state index contributed by atoms with van der Waals surface area (Å²) in [5.41, 5.74) is 1.57. The number of carbonyl (C=O) groups is 1. The number of hydrogen-bond acceptors (Lipinski definition) is 5. The molecule has 7 heteroatoms. The summed E-state index contributed by atoms with van der Waals surface area (Å²) in [6.07, 6.45) is 2.05. The van der Waals surface area contributed by atoms with E-state index in [1.54, 1.807) is 11.8 Å². The van der Waals surface area contributed by atoms with Crippen LogP contribution in [-0.4, -0.2) is 39.3 Å². The monoisotopic (exact) mass is 271 g/mol. The maximum atomic E-state index is 12.3. The molecule has 1 saturated heterocycles. The fourth-order valence-electron chi connectivity index (χ4n) is 3.06. The van der Waals surface area contributed by atoms with E-state index in [-0.39, 0.29) is 11.9 Å². The SMILES string of the molecule is COc1cccc2c1N1C(=O)CC[C@H]1Cc1nnnn1-2. The minimum atomic E-state index is 0.102. The number of rotatable bonds is 1. The van der Waals surface area contributed by atoms with Crippen molar-refractivity contribution in [2.24, 2.45) is 0 Å². The number of ether oxygens (including phenoxy) is 1. The number of tetrazole rings is 1. The highest BCUT2D eigenvalue weighted by Gasteiger charge is 2.39. The van der Waals surface area contributed by atoms with Gasteiger partial charge in [-0.3, -0.25) is 4.79 Å². The van der Waals surface area contributed by atoms with Crippen LogP contribution in [0, 0.1) is 0 Å². The third-order valence-electron chi connectivity index (χ3n) is 3.94. The van der Waals surface area contributed by atoms with Crippen LogP contribution in [-0.2, 0) is 11.2 Å². The second kappa shape index (κ2) is 4.03. The lowest BCUT2D eigenvalue weighted by molar-refractivity contribution is -0.117. The summed E-state index contributed by atoms with van der Waals surface area (Å²) < 4.78 is 7.14. The maximum Gasteiger partial charge on any atom is 0.227 e. The predicted octanol–water partition coefficient (Wildman–Crippen LogP) is 0.722. The average molecular weight is 271 g/mol. The standard InChI is InChI=1S/C13H13N5O2/c1-20-10-4-2-3-9-13(10)17-8(5-6-12(17)19)7-11-14-15-16-18(9)11/h2-4,8H,5-7H2,1H3/t8-/m0/s1. The van der Waals surface area contributed by atoms with Gasteiger partial charge in [0.2, 0.25) is 5.91 Å². The van der Waals surface area contributed by atoms with E-state index < -0.39 is 0 Å². The van der Waals surface area contributed by atoms with Crippen LogP contribution in [0.25, 0.3) is 5.69 Å². The molecule has 20 heavy (non-hydrogen) atoms. The van der Waals surface area contributed by atoms with Gasteiger partial charge in [0.15, 0.2) is 5.82 Å². The number of para-hydroxylation sites is 1. The van der Waals surface area contributed by atoms with Gasteiger partial charge in [0.05, 0.1) is 12.8 Å². The number of anilines is 1. The largest absolute Gasteiger partial charge is 0.494 e. The number of amides is 1. The van der Waals surface area contributed by atoms with Gasteiger partial charge >= 0.3 is 0 Å². The van der Waals surface area contributed by atoms with Crippen molar-refractivity contribution in [3.63, 3.8) is 0 Å². The van der Waals surface area contributed by atoms with Crippen molar-refractivity contribution in [2.75, 3.05) is 12.0 Å². The van der Waals surface area contributed by atoms with Crippen LogP contribution in [0.5, 0.6) is 5.75 Å². The van der Waals surface area contributed by atoms with E-state index in [2.05, 4.69) is 15.5 Å². The van der Waals surface area contributed by atoms with E-state index in [0.717, 1.165) is 23.6 Å². The van der Waals surface area contributed by atoms with E-state index in [1.165, 1.54) is 0 Å². The maximum absolute atomic E-state index is 12.3. The first-order valence-corrected chi connectivity index (χ1v) is 6.56. The van der Waals surface area contributed by atoms with E-state index in [0.29, 0.717) is 18.6 Å². The number of aromatic nitrogens is 4. The van der Waals surface area contributed by atoms with Gasteiger partial charge in [-0.25, -0.2) is 0 Å². The van der Waals surface area contributed by atoms with E-state index in [9.17, 15) is 4.79 Å². The molecule has 2 aromatic rings. The van der Waals surface area contributed by atoms with Crippen LogP contribution < -0.4 is 9.64 Å². The third-order valence-corrected chi connectivity index (χ3v) is 3.94. The smallest absolute Gasteiger partial charge is 0.227 e. The molecular formula is C13H13N5O2. The molecule has 4 rings (SSSR count). The minimum Gasteiger partial charge on any atom is -0.494 e. The average Bonchev–Trinajstić information content (AvgIpc) is 3.03. The molecule has 0 unspecified atom stereocenters. The molecule has 7 nitrogen and oxygen atoms in total. The Morgan fingerprint density at radius 1 is 1.40 bits per heavy atom. The minimum absolute atomic E-state index is 0.102. The van der Waals surface area contributed by atoms with Crippen LogP contribution in [0.15, 0.2) is 18.2 Å². The predicted molar refractivity (Wildman–Crippen MR) is 69.9 cm³/mol. The molecule has 0 bridgehead atoms. The normalized spacial score (nSPS) is 20.1. The lowest BCUT2D eigenvalue weighted by Gasteiger charge is -2.25. The van der Waals surface area contributed by atoms with Crippen molar-refractivity contribution in [1.29, 1.82) is 0 Å². The molecule has 2 aliphatic heterocycles. The molecule has 1 aromatic heterocycles. The number of nitrogens with zero attached hydrogens (tertiary/aromatic N) is 5. The second-order valence-electron chi connectivity index (χ2n) is 5.00. The molecule has 3 heterocycles. The van der Waals surface area contributed by atoms with Crippen molar-refractivity contribution >= 4 is 11.6 Å². The Kier molecular flexibility index (Phi) is 2.29. The second-order valence-corrected chi connectivity index (χ2v) is 5.00. The summed E-state index contributed by atoms with van der Waals surface area (Å²) in [4.78, 5) is 14.1. The lowest BCUT2D eigenvalue weighted by Crippen LogP contribution is -2.34. The summed E-state index contributed by atoms with van der Waals surface area (Å²) in [6.45, 7) is 0. The molecule has 1 amide bonds. The molecule has 0 aliphatic carbocycles. The lowest BCUT2D eigenvalue weighted by atomic mass is 10.1. The van der Waals surface area contributed by atoms with E-state index in [4.69, 9.17) is 4.74 Å². The molecule has 2 aliphatic rings. The first-order valence-electron chi connectivity index (χ1n) is 6.56. The van der Waals surface area contributed by atoms with Crippen molar-refractivity contribution in [3.8, 4) is 11.4 Å². The molecule has 102 valence electrons. The van der Waals surface area contributed by atoms with Gasteiger partial charge in [0.25, 0.3) is 0 Å². The Morgan fingerprint density at radius 3 is 3.15 bits per heavy atom. The zero-order valence-electron chi connectivity index (χ0n) is 11.0. The fraction of sp³-hybridized carbons (Fsp3) is 0.385. The van der Waals surface area contributed by atoms with Crippen LogP contribution in [0.1, 0.15) is 18.7 Å². The van der Waals surface area contributed by atoms with Crippen LogP contribution in [0.4, 0.5) is 5.69 Å². The van der Waals surface area contributed by atoms with Gasteiger partial charge in [-0.15, -0.1) is 5.10 Å². The summed E-state index contributed by atoms with van der Waals surface area (Å²) in [5, 5.41) is 11.9. The number of hydrogen-bond donors (Lipinski definition) is 0. The Balaban J connectivity index is 2.03. The summed E-state index contributed by atoms with van der Waals surface area (Å²) in [5.74, 6) is 1.58. The topological polar surface area (TPSA) is 73.1 Å². The zero-order valence-corrected chi connectivity index (χ0v) is 11.0. The number of methoxy groups -OCH3 is 1. The Hall–Kier alpha value is -2.44. The Morgan fingerprint density at radius 2 is 2.30 bits per heavy atom. The van der Waals surface area contributed by atoms with Crippen molar-refractivity contribution in [1.82, 2.24) is 20.2 Å². The number of carbonyl (C=O) groups excluding carboxylic acids is 1. The number of fused-ring (bicyclic) bond motifs is 5. The van der Waals surface area contributed by atoms with Crippen molar-refractivity contribution < 1.29 is 9.53 Å². The van der Waals surface area contributed by atoms with Gasteiger partial charge < -0.3 is 9.64 Å². The number of benzene rings is 1. The van der Waals surface area contributed by atoms with Crippen LogP contribution in [0.3, 0.4) is 0 Å². The summed E-state index contributed by atoms with van der Waals surface area (Å²) in [7, 11) is 1.61. The van der Waals surface area contributed by atoms with Crippen molar-refractivity contribution in [3.05, 3.63) is 24.0 Å². The summed E-state index contributed by atoms with van der Waals surface area (Å²) in [6, 6.07) is 5.75. The molecule has 0 radical (unpaired) electrons. The van der Waals surface area contributed by atoms with Gasteiger partial charge in [-0.1, -0.05) is 6.07 Å². The molecule has 0 N–H and O–H groups in total. The van der Waals surface area contributed by atoms with E-state index in [1.807, 2.05) is 23.1 Å². The Labute approximate surface area is 115 Å². The van der Waals surface area contributed by atoms with Gasteiger partial charge in [0, 0.05) is 18.9 Å². The van der Waals surface area contributed by atoms with Crippen molar-refractivity contribution in [2.45, 2.75) is 25.3 Å². The highest BCUT2D eigenvalue weighted by atomic mass is 16.5. The summed E-state index contributed by atoms with van der Waals surface area (Å²) >= 11 is 0. The van der Waals surface area contributed by atoms with Crippen LogP contribution >= 0.6 is 0 Å². The molecule has 1 atom stereocenters. The third kappa shape index (κ3) is 1.40. The fourth-order valence-corrected chi connectivity index (χ4v) is 3.06. The molecule has 0 spiro atoms. The highest BCUT2D eigenvalue weighted by Crippen LogP contribution is 2.41. The molecular weight excluding hydrogens is 258 g/mol. The Bertz CT molecular complexity index is 696. The van der Waals surface area contributed by atoms with Gasteiger partial charge in [-0.05, 0) is 29.0 Å². The quantitative estimate of drug-likeness (QED) is 0.764. The van der Waals surface area contributed by atoms with Gasteiger partial charge in [0.1, 0.15) is 11.4 Å². The zero-order chi connectivity index (χ0) is 13.7. The first kappa shape index (κ1) is 11.4.